The zero-order valence-corrected chi connectivity index (χ0v) is 9.39. The maximum Gasteiger partial charge on any atom is 0.253 e. The fourth-order valence-electron chi connectivity index (χ4n) is 1.31. The van der Waals surface area contributed by atoms with Crippen LogP contribution in [0, 0.1) is 0 Å². The number of aliphatic hydroxyl groups excluding tert-OH is 1. The fourth-order valence-corrected chi connectivity index (χ4v) is 1.31. The molecule has 0 spiro atoms. The molecular weight excluding hydrogens is 204 g/mol. The molecular formula is C12H18N2O2. The van der Waals surface area contributed by atoms with E-state index in [-0.39, 0.29) is 11.9 Å². The monoisotopic (exact) mass is 222 g/mol. The van der Waals surface area contributed by atoms with Crippen molar-refractivity contribution in [1.29, 1.82) is 0 Å². The van der Waals surface area contributed by atoms with E-state index in [1.165, 1.54) is 0 Å². The van der Waals surface area contributed by atoms with Crippen LogP contribution in [0.4, 0.5) is 0 Å². The normalized spacial score (nSPS) is 14.2. The molecule has 4 N–H and O–H groups in total. The van der Waals surface area contributed by atoms with Gasteiger partial charge in [0.15, 0.2) is 6.10 Å². The van der Waals surface area contributed by atoms with Crippen molar-refractivity contribution < 1.29 is 9.90 Å². The van der Waals surface area contributed by atoms with Crippen LogP contribution < -0.4 is 11.1 Å². The second-order valence-electron chi connectivity index (χ2n) is 3.87. The molecule has 0 radical (unpaired) electrons. The van der Waals surface area contributed by atoms with E-state index in [0.717, 1.165) is 0 Å². The predicted octanol–water partition coefficient (Wildman–Crippen LogP) is 0.573. The molecule has 0 fully saturated rings. The number of hydrogen-bond acceptors (Lipinski definition) is 3. The molecule has 0 bridgehead atoms. The topological polar surface area (TPSA) is 75.3 Å². The molecule has 2 atom stereocenters. The van der Waals surface area contributed by atoms with Gasteiger partial charge in [0.05, 0.1) is 0 Å². The molecule has 4 nitrogen and oxygen atoms in total. The van der Waals surface area contributed by atoms with Crippen molar-refractivity contribution in [3.05, 3.63) is 35.9 Å². The molecule has 1 rings (SSSR count). The maximum atomic E-state index is 11.5. The smallest absolute Gasteiger partial charge is 0.253 e. The zero-order chi connectivity index (χ0) is 12.0. The van der Waals surface area contributed by atoms with Gasteiger partial charge in [0.1, 0.15) is 0 Å². The summed E-state index contributed by atoms with van der Waals surface area (Å²) >= 11 is 0. The molecule has 16 heavy (non-hydrogen) atoms. The molecule has 0 heterocycles. The highest BCUT2D eigenvalue weighted by Gasteiger charge is 2.15. The third-order valence-corrected chi connectivity index (χ3v) is 2.26. The van der Waals surface area contributed by atoms with Crippen molar-refractivity contribution in [2.45, 2.75) is 25.5 Å². The number of carbonyl (C=O) groups excluding carboxylic acids is 1. The highest BCUT2D eigenvalue weighted by molar-refractivity contribution is 5.81. The van der Waals surface area contributed by atoms with Crippen LogP contribution in [0.15, 0.2) is 30.3 Å². The lowest BCUT2D eigenvalue weighted by Crippen LogP contribution is -2.32. The van der Waals surface area contributed by atoms with Crippen LogP contribution in [-0.4, -0.2) is 23.6 Å². The van der Waals surface area contributed by atoms with Crippen LogP contribution in [0.5, 0.6) is 0 Å². The standard InChI is InChI=1S/C12H18N2O2/c1-9(13)7-8-14-12(16)11(15)10-5-3-2-4-6-10/h2-6,9,11,15H,7-8,13H2,1H3,(H,14,16). The van der Waals surface area contributed by atoms with Crippen LogP contribution in [0.1, 0.15) is 25.0 Å². The van der Waals surface area contributed by atoms with E-state index in [9.17, 15) is 9.90 Å². The van der Waals surface area contributed by atoms with E-state index in [1.807, 2.05) is 13.0 Å². The van der Waals surface area contributed by atoms with Gasteiger partial charge in [-0.3, -0.25) is 4.79 Å². The summed E-state index contributed by atoms with van der Waals surface area (Å²) in [5.74, 6) is -0.383. The third kappa shape index (κ3) is 4.00. The molecule has 1 aromatic rings. The number of rotatable bonds is 5. The van der Waals surface area contributed by atoms with E-state index in [4.69, 9.17) is 5.73 Å². The summed E-state index contributed by atoms with van der Waals surface area (Å²) in [5.41, 5.74) is 6.15. The largest absolute Gasteiger partial charge is 0.378 e. The Morgan fingerprint density at radius 1 is 1.44 bits per heavy atom. The Bertz CT molecular complexity index is 325. The molecule has 88 valence electrons. The number of benzene rings is 1. The van der Waals surface area contributed by atoms with E-state index in [1.54, 1.807) is 24.3 Å². The van der Waals surface area contributed by atoms with E-state index in [0.29, 0.717) is 18.5 Å². The van der Waals surface area contributed by atoms with Gasteiger partial charge in [0.25, 0.3) is 5.91 Å². The molecule has 0 aliphatic carbocycles. The first kappa shape index (κ1) is 12.7. The minimum absolute atomic E-state index is 0.0502. The lowest BCUT2D eigenvalue weighted by atomic mass is 10.1. The molecule has 0 saturated carbocycles. The van der Waals surface area contributed by atoms with Crippen LogP contribution in [0.3, 0.4) is 0 Å². The first-order valence-electron chi connectivity index (χ1n) is 5.37. The van der Waals surface area contributed by atoms with Gasteiger partial charge in [-0.1, -0.05) is 30.3 Å². The summed E-state index contributed by atoms with van der Waals surface area (Å²) in [4.78, 5) is 11.5. The summed E-state index contributed by atoms with van der Waals surface area (Å²) in [7, 11) is 0. The Morgan fingerprint density at radius 2 is 2.06 bits per heavy atom. The minimum atomic E-state index is -1.10. The van der Waals surface area contributed by atoms with Crippen molar-refractivity contribution >= 4 is 5.91 Å². The zero-order valence-electron chi connectivity index (χ0n) is 9.39. The molecule has 2 unspecified atom stereocenters. The lowest BCUT2D eigenvalue weighted by Gasteiger charge is -2.12. The Balaban J connectivity index is 2.43. The highest BCUT2D eigenvalue weighted by Crippen LogP contribution is 2.11. The van der Waals surface area contributed by atoms with Crippen molar-refractivity contribution in [3.8, 4) is 0 Å². The summed E-state index contributed by atoms with van der Waals surface area (Å²) in [6.07, 6.45) is -0.401. The van der Waals surface area contributed by atoms with Crippen LogP contribution in [0.25, 0.3) is 0 Å². The summed E-state index contributed by atoms with van der Waals surface area (Å²) in [6, 6.07) is 8.89. The molecule has 0 saturated heterocycles. The molecule has 1 amide bonds. The number of aliphatic hydroxyl groups is 1. The van der Waals surface area contributed by atoms with Crippen molar-refractivity contribution in [2.75, 3.05) is 6.54 Å². The Labute approximate surface area is 95.5 Å². The molecule has 0 aromatic heterocycles. The first-order valence-corrected chi connectivity index (χ1v) is 5.37. The van der Waals surface area contributed by atoms with Gasteiger partial charge >= 0.3 is 0 Å². The first-order chi connectivity index (χ1) is 7.61. The number of carbonyl (C=O) groups is 1. The van der Waals surface area contributed by atoms with Crippen molar-refractivity contribution in [1.82, 2.24) is 5.32 Å². The molecule has 4 heteroatoms. The van der Waals surface area contributed by atoms with Gasteiger partial charge in [-0.2, -0.15) is 0 Å². The molecule has 1 aromatic carbocycles. The van der Waals surface area contributed by atoms with Gasteiger partial charge in [-0.05, 0) is 18.9 Å². The molecule has 0 aliphatic rings. The second-order valence-corrected chi connectivity index (χ2v) is 3.87. The molecule has 0 aliphatic heterocycles. The maximum absolute atomic E-state index is 11.5. The number of hydrogen-bond donors (Lipinski definition) is 3. The lowest BCUT2D eigenvalue weighted by molar-refractivity contribution is -0.129. The Hall–Kier alpha value is -1.39. The average Bonchev–Trinajstić information content (AvgIpc) is 2.28. The van der Waals surface area contributed by atoms with Gasteiger partial charge < -0.3 is 16.2 Å². The number of nitrogens with two attached hydrogens (primary N) is 1. The SMILES string of the molecule is CC(N)CCNC(=O)C(O)c1ccccc1. The second kappa shape index (κ2) is 6.25. The summed E-state index contributed by atoms with van der Waals surface area (Å²) in [6.45, 7) is 2.36. The van der Waals surface area contributed by atoms with Crippen LogP contribution in [0.2, 0.25) is 0 Å². The highest BCUT2D eigenvalue weighted by atomic mass is 16.3. The average molecular weight is 222 g/mol. The predicted molar refractivity (Wildman–Crippen MR) is 62.7 cm³/mol. The minimum Gasteiger partial charge on any atom is -0.378 e. The van der Waals surface area contributed by atoms with Gasteiger partial charge in [0, 0.05) is 12.6 Å². The Kier molecular flexibility index (Phi) is 4.95. The van der Waals surface area contributed by atoms with Gasteiger partial charge in [0.2, 0.25) is 0 Å². The summed E-state index contributed by atoms with van der Waals surface area (Å²) in [5, 5.41) is 12.4. The quantitative estimate of drug-likeness (QED) is 0.682. The van der Waals surface area contributed by atoms with Crippen molar-refractivity contribution in [2.24, 2.45) is 5.73 Å². The van der Waals surface area contributed by atoms with E-state index >= 15 is 0 Å². The van der Waals surface area contributed by atoms with Gasteiger partial charge in [-0.25, -0.2) is 0 Å². The number of amides is 1. The van der Waals surface area contributed by atoms with Crippen LogP contribution in [-0.2, 0) is 4.79 Å². The summed E-state index contributed by atoms with van der Waals surface area (Å²) < 4.78 is 0. The van der Waals surface area contributed by atoms with Crippen molar-refractivity contribution in [3.63, 3.8) is 0 Å². The van der Waals surface area contributed by atoms with E-state index < -0.39 is 6.10 Å². The fraction of sp³-hybridized carbons (Fsp3) is 0.417. The Morgan fingerprint density at radius 3 is 2.62 bits per heavy atom. The van der Waals surface area contributed by atoms with Crippen LogP contribution >= 0.6 is 0 Å². The van der Waals surface area contributed by atoms with E-state index in [2.05, 4.69) is 5.32 Å². The third-order valence-electron chi connectivity index (χ3n) is 2.26. The number of nitrogens with one attached hydrogen (secondary N) is 1. The van der Waals surface area contributed by atoms with Gasteiger partial charge in [-0.15, -0.1) is 0 Å².